The highest BCUT2D eigenvalue weighted by Crippen LogP contribution is 2.28. The fourth-order valence-electron chi connectivity index (χ4n) is 9.56. The lowest BCUT2D eigenvalue weighted by Crippen LogP contribution is -2.61. The summed E-state index contributed by atoms with van der Waals surface area (Å²) in [6.07, 6.45) is -0.892. The predicted molar refractivity (Wildman–Crippen MR) is 268 cm³/mol. The molecule has 0 saturated carbocycles. The molecule has 2 saturated heterocycles. The van der Waals surface area contributed by atoms with E-state index < -0.39 is 120 Å². The van der Waals surface area contributed by atoms with Crippen LogP contribution in [0.5, 0.6) is 0 Å². The molecule has 10 unspecified atom stereocenters. The lowest BCUT2D eigenvalue weighted by molar-refractivity contribution is -0.165. The third-order valence-corrected chi connectivity index (χ3v) is 14.0. The summed E-state index contributed by atoms with van der Waals surface area (Å²) in [5.41, 5.74) is 0.929. The Morgan fingerprint density at radius 3 is 1.72 bits per heavy atom. The van der Waals surface area contributed by atoms with E-state index in [4.69, 9.17) is 4.74 Å². The van der Waals surface area contributed by atoms with Crippen molar-refractivity contribution in [2.45, 2.75) is 143 Å². The second kappa shape index (κ2) is 24.7. The summed E-state index contributed by atoms with van der Waals surface area (Å²) < 4.78 is 6.07. The number of carbonyl (C=O) groups is 9. The number of nitrogens with one attached hydrogen (secondary N) is 2. The first-order valence-electron chi connectivity index (χ1n) is 24.8. The zero-order valence-electron chi connectivity index (χ0n) is 44.4. The minimum atomic E-state index is -1.55. The molecule has 18 nitrogen and oxygen atoms in total. The molecule has 2 fully saturated rings. The first kappa shape index (κ1) is 57.3. The van der Waals surface area contributed by atoms with Crippen LogP contribution >= 0.6 is 0 Å². The molecule has 0 aliphatic carbocycles. The van der Waals surface area contributed by atoms with E-state index >= 15 is 0 Å². The fourth-order valence-corrected chi connectivity index (χ4v) is 9.56. The molecule has 2 aliphatic heterocycles. The maximum Gasteiger partial charge on any atom is 0.329 e. The molecule has 2 aliphatic rings. The van der Waals surface area contributed by atoms with Crippen LogP contribution in [0.15, 0.2) is 60.7 Å². The molecule has 2 aromatic carbocycles. The number of carbonyl (C=O) groups excluding carboxylic acids is 9. The highest BCUT2D eigenvalue weighted by Gasteiger charge is 2.46. The molecule has 71 heavy (non-hydrogen) atoms. The van der Waals surface area contributed by atoms with Gasteiger partial charge in [0, 0.05) is 53.8 Å². The van der Waals surface area contributed by atoms with E-state index in [0.29, 0.717) is 5.56 Å². The van der Waals surface area contributed by atoms with E-state index in [1.807, 2.05) is 26.8 Å². The summed E-state index contributed by atoms with van der Waals surface area (Å²) in [5, 5.41) is 5.61. The van der Waals surface area contributed by atoms with Crippen LogP contribution in [0.25, 0.3) is 0 Å². The maximum atomic E-state index is 14.9. The number of nitrogens with zero attached hydrogens (tertiary/aromatic N) is 6. The molecule has 10 atom stereocenters. The van der Waals surface area contributed by atoms with Crippen LogP contribution in [-0.2, 0) is 49.5 Å². The zero-order valence-corrected chi connectivity index (χ0v) is 44.4. The molecule has 2 heterocycles. The third-order valence-electron chi connectivity index (χ3n) is 14.0. The van der Waals surface area contributed by atoms with Gasteiger partial charge in [-0.2, -0.15) is 0 Å². The number of rotatable bonds is 8. The van der Waals surface area contributed by atoms with Crippen LogP contribution in [0.3, 0.4) is 0 Å². The van der Waals surface area contributed by atoms with E-state index in [9.17, 15) is 43.2 Å². The predicted octanol–water partition coefficient (Wildman–Crippen LogP) is 3.23. The summed E-state index contributed by atoms with van der Waals surface area (Å²) in [6, 6.07) is 7.61. The van der Waals surface area contributed by atoms with Gasteiger partial charge in [-0.3, -0.25) is 38.4 Å². The minimum Gasteiger partial charge on any atom is -0.458 e. The van der Waals surface area contributed by atoms with E-state index in [1.165, 1.54) is 78.5 Å². The number of hydrogen-bond donors (Lipinski definition) is 2. The molecule has 8 amide bonds. The van der Waals surface area contributed by atoms with Crippen LogP contribution in [-0.4, -0.2) is 179 Å². The van der Waals surface area contributed by atoms with Crippen molar-refractivity contribution in [3.8, 4) is 0 Å². The Morgan fingerprint density at radius 1 is 0.634 bits per heavy atom. The van der Waals surface area contributed by atoms with Gasteiger partial charge in [0.15, 0.2) is 0 Å². The molecule has 2 N–H and O–H groups in total. The van der Waals surface area contributed by atoms with Gasteiger partial charge in [-0.1, -0.05) is 97.0 Å². The van der Waals surface area contributed by atoms with Gasteiger partial charge in [-0.05, 0) is 75.0 Å². The van der Waals surface area contributed by atoms with Gasteiger partial charge in [0.2, 0.25) is 41.4 Å². The topological polar surface area (TPSA) is 206 Å². The van der Waals surface area contributed by atoms with E-state index in [0.717, 1.165) is 0 Å². The van der Waals surface area contributed by atoms with Crippen molar-refractivity contribution in [2.24, 2.45) is 23.7 Å². The number of likely N-dealkylation sites (N-methyl/N-ethyl adjacent to an activating group) is 5. The summed E-state index contributed by atoms with van der Waals surface area (Å²) in [7, 11) is 7.22. The average Bonchev–Trinajstić information content (AvgIpc) is 3.73. The van der Waals surface area contributed by atoms with Gasteiger partial charge in [0.1, 0.15) is 54.4 Å². The van der Waals surface area contributed by atoms with Gasteiger partial charge < -0.3 is 44.8 Å². The molecule has 2 aromatic rings. The molecule has 0 spiro atoms. The van der Waals surface area contributed by atoms with Gasteiger partial charge in [0.05, 0.1) is 0 Å². The smallest absolute Gasteiger partial charge is 0.329 e. The maximum absolute atomic E-state index is 14.9. The van der Waals surface area contributed by atoms with Crippen molar-refractivity contribution in [3.05, 3.63) is 71.8 Å². The first-order chi connectivity index (χ1) is 33.2. The Morgan fingerprint density at radius 2 is 1.17 bits per heavy atom. The van der Waals surface area contributed by atoms with Crippen molar-refractivity contribution in [2.75, 3.05) is 41.8 Å². The first-order valence-corrected chi connectivity index (χ1v) is 24.8. The zero-order chi connectivity index (χ0) is 53.3. The Kier molecular flexibility index (Phi) is 19.9. The monoisotopic (exact) mass is 987 g/mol. The van der Waals surface area contributed by atoms with Crippen molar-refractivity contribution < 1.29 is 47.9 Å². The second-order valence-corrected chi connectivity index (χ2v) is 20.7. The summed E-state index contributed by atoms with van der Waals surface area (Å²) in [5.74, 6) is -7.08. The molecule has 0 bridgehead atoms. The molecular formula is C53H78N8O10. The number of hydrogen-bond acceptors (Lipinski definition) is 10. The largest absolute Gasteiger partial charge is 0.458 e. The van der Waals surface area contributed by atoms with Crippen molar-refractivity contribution in [1.82, 2.24) is 40.0 Å². The minimum absolute atomic E-state index is 0.0360. The number of esters is 1. The summed E-state index contributed by atoms with van der Waals surface area (Å²) >= 11 is 0. The Labute approximate surface area is 420 Å². The number of benzene rings is 2. The van der Waals surface area contributed by atoms with Gasteiger partial charge >= 0.3 is 5.97 Å². The average molecular weight is 987 g/mol. The molecular weight excluding hydrogens is 909 g/mol. The van der Waals surface area contributed by atoms with Gasteiger partial charge in [0.25, 0.3) is 5.91 Å². The molecule has 0 radical (unpaired) electrons. The number of fused-ring (bicyclic) bond motifs is 1. The molecule has 390 valence electrons. The third kappa shape index (κ3) is 13.6. The number of amides is 8. The standard InChI is InChI=1S/C53H78N8O10/c1-30(2)26-40-49(66)57(12)35(9)47(64)61-29-33(7)27-41(61)50(67)56(11)34(8)45(62)54-39(28-37-22-18-16-19-23-37)48(65)59(14)43(31(3)4)52(69)60(15)44(32(5)6)53(70)71-36(10)42(51(68)58(40)13)55-46(63)38-24-20-17-21-25-38/h16-25,30-36,39-44H,26-29H2,1-15H3,(H,54,62)(H,55,63). The SMILES string of the molecule is CC(C)CC1C(=O)N(C)C(C)C(=O)N2CC(C)CC2C(=O)N(C)C(C)C(=O)NC(Cc2ccccc2)C(=O)N(C)C(C(C)C)C(=O)N(C)C(C(C)C)C(=O)OC(C)C(NC(=O)c2ccccc2)C(=O)N1C. The fraction of sp³-hybridized carbons (Fsp3) is 0.604. The highest BCUT2D eigenvalue weighted by atomic mass is 16.5. The van der Waals surface area contributed by atoms with E-state index in [-0.39, 0.29) is 43.2 Å². The van der Waals surface area contributed by atoms with Crippen LogP contribution < -0.4 is 10.6 Å². The summed E-state index contributed by atoms with van der Waals surface area (Å²) in [6.45, 7) is 17.3. The van der Waals surface area contributed by atoms with Crippen molar-refractivity contribution in [3.63, 3.8) is 0 Å². The molecule has 4 rings (SSSR count). The number of ether oxygens (including phenoxy) is 1. The Hall–Kier alpha value is -6.33. The lowest BCUT2D eigenvalue weighted by Gasteiger charge is -2.39. The lowest BCUT2D eigenvalue weighted by atomic mass is 9.96. The quantitative estimate of drug-likeness (QED) is 0.370. The molecule has 18 heteroatoms. The van der Waals surface area contributed by atoms with E-state index in [2.05, 4.69) is 10.6 Å². The Balaban J connectivity index is 1.89. The van der Waals surface area contributed by atoms with Crippen LogP contribution in [0.2, 0.25) is 0 Å². The normalized spacial score (nSPS) is 27.8. The molecule has 0 aromatic heterocycles. The van der Waals surface area contributed by atoms with Crippen LogP contribution in [0, 0.1) is 23.7 Å². The summed E-state index contributed by atoms with van der Waals surface area (Å²) in [4.78, 5) is 138. The van der Waals surface area contributed by atoms with Crippen molar-refractivity contribution in [1.29, 1.82) is 0 Å². The van der Waals surface area contributed by atoms with Crippen LogP contribution in [0.4, 0.5) is 0 Å². The van der Waals surface area contributed by atoms with Crippen LogP contribution in [0.1, 0.15) is 98.0 Å². The van der Waals surface area contributed by atoms with Gasteiger partial charge in [-0.25, -0.2) is 4.79 Å². The number of cyclic esters (lactones) is 1. The Bertz CT molecular complexity index is 2240. The highest BCUT2D eigenvalue weighted by molar-refractivity contribution is 6.00. The van der Waals surface area contributed by atoms with E-state index in [1.54, 1.807) is 89.2 Å². The van der Waals surface area contributed by atoms with Crippen molar-refractivity contribution >= 4 is 53.2 Å². The van der Waals surface area contributed by atoms with Gasteiger partial charge in [-0.15, -0.1) is 0 Å². The second-order valence-electron chi connectivity index (χ2n) is 20.7.